The highest BCUT2D eigenvalue weighted by molar-refractivity contribution is 7.59. The quantitative estimate of drug-likeness (QED) is 0.825. The molecular weight excluding hydrogens is 227 g/mol. The summed E-state index contributed by atoms with van der Waals surface area (Å²) >= 11 is 0. The zero-order valence-corrected chi connectivity index (χ0v) is 10.1. The minimum Gasteiger partial charge on any atom is -0.369 e. The molecule has 0 unspecified atom stereocenters. The van der Waals surface area contributed by atoms with E-state index < -0.39 is 7.94 Å². The highest BCUT2D eigenvalue weighted by atomic mass is 31.2. The zero-order chi connectivity index (χ0) is 11.4. The van der Waals surface area contributed by atoms with Crippen molar-refractivity contribution in [2.45, 2.75) is 12.7 Å². The standard InChI is InChI=1S/C11H16O4P/c1-16(12)14-8-11(9-15-16)13-7-10-5-3-2-4-6-10/h2-6,11-12H,7-9H2,1H3. The van der Waals surface area contributed by atoms with E-state index in [1.54, 1.807) is 6.66 Å². The van der Waals surface area contributed by atoms with Gasteiger partial charge in [-0.25, -0.2) is 0 Å². The lowest BCUT2D eigenvalue weighted by molar-refractivity contribution is -0.0508. The molecule has 1 radical (unpaired) electrons. The van der Waals surface area contributed by atoms with Crippen molar-refractivity contribution in [3.05, 3.63) is 35.9 Å². The fourth-order valence-electron chi connectivity index (χ4n) is 1.41. The fourth-order valence-corrected chi connectivity index (χ4v) is 2.37. The highest BCUT2D eigenvalue weighted by Gasteiger charge is 2.29. The smallest absolute Gasteiger partial charge is 0.227 e. The minimum absolute atomic E-state index is 0.0968. The summed E-state index contributed by atoms with van der Waals surface area (Å²) in [5, 5.41) is 0. The van der Waals surface area contributed by atoms with Gasteiger partial charge in [0.15, 0.2) is 0 Å². The Labute approximate surface area is 95.7 Å². The normalized spacial score (nSPS) is 30.2. The van der Waals surface area contributed by atoms with E-state index in [1.807, 2.05) is 30.3 Å². The van der Waals surface area contributed by atoms with Crippen LogP contribution in [-0.2, 0) is 20.4 Å². The first-order valence-corrected chi connectivity index (χ1v) is 7.22. The molecule has 4 nitrogen and oxygen atoms in total. The maximum atomic E-state index is 9.49. The number of ether oxygens (including phenoxy) is 1. The van der Waals surface area contributed by atoms with E-state index in [1.165, 1.54) is 0 Å². The van der Waals surface area contributed by atoms with Gasteiger partial charge in [0, 0.05) is 6.66 Å². The summed E-state index contributed by atoms with van der Waals surface area (Å²) in [5.41, 5.74) is 1.12. The molecule has 0 saturated carbocycles. The molecule has 2 rings (SSSR count). The predicted octanol–water partition coefficient (Wildman–Crippen LogP) is 2.00. The minimum atomic E-state index is -2.55. The van der Waals surface area contributed by atoms with Gasteiger partial charge in [0.2, 0.25) is 7.94 Å². The Morgan fingerprint density at radius 3 is 2.56 bits per heavy atom. The van der Waals surface area contributed by atoms with Crippen molar-refractivity contribution >= 4 is 7.94 Å². The average Bonchev–Trinajstić information content (AvgIpc) is 2.29. The average molecular weight is 243 g/mol. The molecule has 5 heteroatoms. The lowest BCUT2D eigenvalue weighted by Crippen LogP contribution is -2.30. The van der Waals surface area contributed by atoms with Gasteiger partial charge in [0.1, 0.15) is 6.10 Å². The van der Waals surface area contributed by atoms with Crippen molar-refractivity contribution in [2.75, 3.05) is 19.9 Å². The van der Waals surface area contributed by atoms with Crippen molar-refractivity contribution < 1.29 is 18.7 Å². The molecule has 0 bridgehead atoms. The second-order valence-corrected chi connectivity index (χ2v) is 5.94. The summed E-state index contributed by atoms with van der Waals surface area (Å²) < 4.78 is 16.0. The maximum absolute atomic E-state index is 9.49. The number of rotatable bonds is 3. The summed E-state index contributed by atoms with van der Waals surface area (Å²) in [5.74, 6) is 0. The van der Waals surface area contributed by atoms with Crippen molar-refractivity contribution in [1.82, 2.24) is 0 Å². The van der Waals surface area contributed by atoms with Crippen LogP contribution in [0.25, 0.3) is 0 Å². The molecule has 0 spiro atoms. The summed E-state index contributed by atoms with van der Waals surface area (Å²) in [6.07, 6.45) is -0.0968. The van der Waals surface area contributed by atoms with Gasteiger partial charge < -0.3 is 18.7 Å². The first-order chi connectivity index (χ1) is 7.66. The third kappa shape index (κ3) is 3.51. The first kappa shape index (κ1) is 12.0. The highest BCUT2D eigenvalue weighted by Crippen LogP contribution is 2.55. The summed E-state index contributed by atoms with van der Waals surface area (Å²) in [7, 11) is -2.55. The third-order valence-electron chi connectivity index (χ3n) is 2.33. The van der Waals surface area contributed by atoms with E-state index in [-0.39, 0.29) is 6.10 Å². The Morgan fingerprint density at radius 2 is 1.94 bits per heavy atom. The largest absolute Gasteiger partial charge is 0.369 e. The van der Waals surface area contributed by atoms with Crippen LogP contribution < -0.4 is 0 Å². The van der Waals surface area contributed by atoms with Crippen LogP contribution in [0.2, 0.25) is 0 Å². The van der Waals surface area contributed by atoms with Crippen molar-refractivity contribution in [2.24, 2.45) is 0 Å². The van der Waals surface area contributed by atoms with Crippen LogP contribution >= 0.6 is 7.94 Å². The van der Waals surface area contributed by atoms with E-state index in [0.717, 1.165) is 5.56 Å². The Morgan fingerprint density at radius 1 is 1.31 bits per heavy atom. The molecule has 16 heavy (non-hydrogen) atoms. The van der Waals surface area contributed by atoms with Crippen LogP contribution in [0.4, 0.5) is 0 Å². The monoisotopic (exact) mass is 243 g/mol. The van der Waals surface area contributed by atoms with Crippen molar-refractivity contribution in [1.29, 1.82) is 0 Å². The Hall–Kier alpha value is -0.510. The molecule has 0 amide bonds. The van der Waals surface area contributed by atoms with Crippen LogP contribution in [0.5, 0.6) is 0 Å². The predicted molar refractivity (Wildman–Crippen MR) is 62.0 cm³/mol. The van der Waals surface area contributed by atoms with E-state index in [4.69, 9.17) is 13.8 Å². The van der Waals surface area contributed by atoms with E-state index in [2.05, 4.69) is 0 Å². The molecule has 1 aromatic carbocycles. The second-order valence-electron chi connectivity index (χ2n) is 3.81. The third-order valence-corrected chi connectivity index (χ3v) is 3.58. The lowest BCUT2D eigenvalue weighted by atomic mass is 10.2. The van der Waals surface area contributed by atoms with Crippen LogP contribution in [0.3, 0.4) is 0 Å². The molecule has 1 saturated heterocycles. The first-order valence-electron chi connectivity index (χ1n) is 5.19. The lowest BCUT2D eigenvalue weighted by Gasteiger charge is -2.33. The van der Waals surface area contributed by atoms with Crippen LogP contribution in [-0.4, -0.2) is 30.9 Å². The van der Waals surface area contributed by atoms with Gasteiger partial charge in [-0.2, -0.15) is 0 Å². The zero-order valence-electron chi connectivity index (χ0n) is 9.20. The Kier molecular flexibility index (Phi) is 3.90. The number of benzene rings is 1. The van der Waals surface area contributed by atoms with Gasteiger partial charge in [0.05, 0.1) is 19.8 Å². The topological polar surface area (TPSA) is 47.9 Å². The SMILES string of the molecule is C[P]1(O)OCC(OCc2ccccc2)CO1. The van der Waals surface area contributed by atoms with Crippen LogP contribution in [0, 0.1) is 0 Å². The molecule has 0 aliphatic carbocycles. The van der Waals surface area contributed by atoms with Gasteiger partial charge >= 0.3 is 0 Å². The van der Waals surface area contributed by atoms with Crippen molar-refractivity contribution in [3.8, 4) is 0 Å². The van der Waals surface area contributed by atoms with Gasteiger partial charge in [-0.05, 0) is 5.56 Å². The van der Waals surface area contributed by atoms with Gasteiger partial charge in [0.25, 0.3) is 0 Å². The molecule has 0 aromatic heterocycles. The van der Waals surface area contributed by atoms with Crippen LogP contribution in [0.15, 0.2) is 30.3 Å². The summed E-state index contributed by atoms with van der Waals surface area (Å²) in [6, 6.07) is 9.94. The van der Waals surface area contributed by atoms with Crippen molar-refractivity contribution in [3.63, 3.8) is 0 Å². The van der Waals surface area contributed by atoms with E-state index in [9.17, 15) is 4.89 Å². The molecule has 1 heterocycles. The fraction of sp³-hybridized carbons (Fsp3) is 0.455. The van der Waals surface area contributed by atoms with E-state index in [0.29, 0.717) is 19.8 Å². The molecule has 1 aliphatic rings. The molecule has 0 atom stereocenters. The maximum Gasteiger partial charge on any atom is 0.227 e. The van der Waals surface area contributed by atoms with Gasteiger partial charge in [-0.3, -0.25) is 0 Å². The summed E-state index contributed by atoms with van der Waals surface area (Å²) in [6.45, 7) is 2.92. The second kappa shape index (κ2) is 5.21. The molecular formula is C11H16O4P. The Bertz CT molecular complexity index is 318. The molecule has 1 aromatic rings. The van der Waals surface area contributed by atoms with Gasteiger partial charge in [-0.15, -0.1) is 0 Å². The molecule has 1 fully saturated rings. The van der Waals surface area contributed by atoms with Crippen LogP contribution in [0.1, 0.15) is 5.56 Å². The van der Waals surface area contributed by atoms with E-state index >= 15 is 0 Å². The Balaban J connectivity index is 1.76. The molecule has 1 aliphatic heterocycles. The van der Waals surface area contributed by atoms with Gasteiger partial charge in [-0.1, -0.05) is 30.3 Å². The number of hydrogen-bond acceptors (Lipinski definition) is 4. The molecule has 1 N–H and O–H groups in total. The number of hydrogen-bond donors (Lipinski definition) is 1. The summed E-state index contributed by atoms with van der Waals surface area (Å²) in [4.78, 5) is 9.49. The molecule has 89 valence electrons.